The van der Waals surface area contributed by atoms with Crippen LogP contribution < -0.4 is 10.6 Å². The van der Waals surface area contributed by atoms with E-state index in [1.165, 1.54) is 18.4 Å². The van der Waals surface area contributed by atoms with Gasteiger partial charge in [-0.05, 0) is 26.2 Å². The minimum absolute atomic E-state index is 0.734. The summed E-state index contributed by atoms with van der Waals surface area (Å²) < 4.78 is 0. The Balaban J connectivity index is 1.92. The number of aryl methyl sites for hydroxylation is 1. The van der Waals surface area contributed by atoms with Crippen molar-refractivity contribution in [3.63, 3.8) is 0 Å². The largest absolute Gasteiger partial charge is 0.354 e. The fourth-order valence-corrected chi connectivity index (χ4v) is 1.53. The second-order valence-corrected chi connectivity index (χ2v) is 4.39. The van der Waals surface area contributed by atoms with Crippen LogP contribution in [0.1, 0.15) is 37.4 Å². The monoisotopic (exact) mass is 220 g/mol. The first-order valence-electron chi connectivity index (χ1n) is 6.09. The Hall–Kier alpha value is -1.16. The van der Waals surface area contributed by atoms with Gasteiger partial charge in [0.2, 0.25) is 5.95 Å². The summed E-state index contributed by atoms with van der Waals surface area (Å²) in [4.78, 5) is 8.76. The van der Waals surface area contributed by atoms with Gasteiger partial charge in [0.1, 0.15) is 0 Å². The van der Waals surface area contributed by atoms with Gasteiger partial charge in [-0.3, -0.25) is 0 Å². The first-order valence-corrected chi connectivity index (χ1v) is 6.09. The summed E-state index contributed by atoms with van der Waals surface area (Å²) in [6.45, 7) is 6.00. The molecule has 0 radical (unpaired) electrons. The summed E-state index contributed by atoms with van der Waals surface area (Å²) >= 11 is 0. The van der Waals surface area contributed by atoms with Gasteiger partial charge in [0.15, 0.2) is 0 Å². The van der Waals surface area contributed by atoms with Gasteiger partial charge < -0.3 is 10.6 Å². The highest BCUT2D eigenvalue weighted by atomic mass is 15.1. The molecule has 2 rings (SSSR count). The highest BCUT2D eigenvalue weighted by molar-refractivity contribution is 5.28. The maximum Gasteiger partial charge on any atom is 0.222 e. The number of rotatable bonds is 6. The second-order valence-electron chi connectivity index (χ2n) is 4.39. The zero-order chi connectivity index (χ0) is 11.4. The van der Waals surface area contributed by atoms with E-state index in [0.29, 0.717) is 0 Å². The second kappa shape index (κ2) is 5.25. The third kappa shape index (κ3) is 3.17. The Kier molecular flexibility index (Phi) is 3.72. The van der Waals surface area contributed by atoms with Crippen molar-refractivity contribution < 1.29 is 0 Å². The highest BCUT2D eigenvalue weighted by Gasteiger charge is 2.20. The number of hydrogen-bond acceptors (Lipinski definition) is 4. The normalized spacial score (nSPS) is 15.1. The molecule has 0 aromatic carbocycles. The van der Waals surface area contributed by atoms with Crippen molar-refractivity contribution in [3.05, 3.63) is 17.5 Å². The minimum atomic E-state index is 0.734. The summed E-state index contributed by atoms with van der Waals surface area (Å²) in [7, 11) is 0. The Morgan fingerprint density at radius 2 is 2.25 bits per heavy atom. The van der Waals surface area contributed by atoms with Crippen molar-refractivity contribution in [2.45, 2.75) is 45.7 Å². The molecule has 0 aliphatic heterocycles. The van der Waals surface area contributed by atoms with Crippen LogP contribution >= 0.6 is 0 Å². The molecule has 1 heterocycles. The van der Waals surface area contributed by atoms with Crippen LogP contribution in [-0.4, -0.2) is 22.6 Å². The fourth-order valence-electron chi connectivity index (χ4n) is 1.53. The molecule has 1 saturated carbocycles. The van der Waals surface area contributed by atoms with E-state index in [0.717, 1.165) is 37.2 Å². The van der Waals surface area contributed by atoms with Crippen LogP contribution in [0.4, 0.5) is 5.95 Å². The van der Waals surface area contributed by atoms with Crippen molar-refractivity contribution in [3.8, 4) is 0 Å². The maximum atomic E-state index is 4.45. The number of nitrogens with zero attached hydrogens (tertiary/aromatic N) is 2. The van der Waals surface area contributed by atoms with Crippen LogP contribution in [0.5, 0.6) is 0 Å². The summed E-state index contributed by atoms with van der Waals surface area (Å²) in [5.41, 5.74) is 2.27. The number of anilines is 1. The van der Waals surface area contributed by atoms with Crippen LogP contribution in [0.3, 0.4) is 0 Å². The van der Waals surface area contributed by atoms with Gasteiger partial charge in [0.25, 0.3) is 0 Å². The van der Waals surface area contributed by atoms with Gasteiger partial charge >= 0.3 is 0 Å². The van der Waals surface area contributed by atoms with Gasteiger partial charge in [-0.1, -0.05) is 6.92 Å². The lowest BCUT2D eigenvalue weighted by atomic mass is 10.2. The standard InChI is InChI=1S/C12H20N4/c1-3-6-13-12-15-8-10(9(2)16-12)7-14-11-4-5-11/h8,11,14H,3-7H2,1-2H3,(H,13,15,16). The summed E-state index contributed by atoms with van der Waals surface area (Å²) in [5.74, 6) is 0.745. The van der Waals surface area contributed by atoms with E-state index in [1.54, 1.807) is 0 Å². The lowest BCUT2D eigenvalue weighted by Gasteiger charge is -2.08. The molecule has 0 atom stereocenters. The molecule has 0 saturated heterocycles. The Bertz CT molecular complexity index is 347. The Morgan fingerprint density at radius 1 is 1.44 bits per heavy atom. The van der Waals surface area contributed by atoms with Gasteiger partial charge in [0.05, 0.1) is 0 Å². The van der Waals surface area contributed by atoms with Crippen molar-refractivity contribution in [1.82, 2.24) is 15.3 Å². The van der Waals surface area contributed by atoms with E-state index in [9.17, 15) is 0 Å². The Morgan fingerprint density at radius 3 is 2.88 bits per heavy atom. The summed E-state index contributed by atoms with van der Waals surface area (Å²) in [6, 6.07) is 0.734. The molecule has 2 N–H and O–H groups in total. The average Bonchev–Trinajstić information content (AvgIpc) is 3.09. The van der Waals surface area contributed by atoms with Crippen molar-refractivity contribution in [1.29, 1.82) is 0 Å². The SMILES string of the molecule is CCCNc1ncc(CNC2CC2)c(C)n1. The van der Waals surface area contributed by atoms with Crippen LogP contribution in [0.15, 0.2) is 6.20 Å². The summed E-state index contributed by atoms with van der Waals surface area (Å²) in [6.07, 6.45) is 5.65. The molecule has 0 spiro atoms. The molecule has 0 unspecified atom stereocenters. The van der Waals surface area contributed by atoms with Gasteiger partial charge in [-0.25, -0.2) is 9.97 Å². The summed E-state index contributed by atoms with van der Waals surface area (Å²) in [5, 5.41) is 6.67. The molecule has 0 bridgehead atoms. The van der Waals surface area contributed by atoms with E-state index < -0.39 is 0 Å². The van der Waals surface area contributed by atoms with Crippen molar-refractivity contribution in [2.75, 3.05) is 11.9 Å². The zero-order valence-electron chi connectivity index (χ0n) is 10.1. The van der Waals surface area contributed by atoms with E-state index in [4.69, 9.17) is 0 Å². The molecule has 16 heavy (non-hydrogen) atoms. The minimum Gasteiger partial charge on any atom is -0.354 e. The van der Waals surface area contributed by atoms with Gasteiger partial charge in [-0.15, -0.1) is 0 Å². The van der Waals surface area contributed by atoms with Gasteiger partial charge in [0, 0.05) is 36.6 Å². The molecule has 1 aromatic rings. The number of nitrogens with one attached hydrogen (secondary N) is 2. The van der Waals surface area contributed by atoms with Crippen LogP contribution in [0, 0.1) is 6.92 Å². The number of hydrogen-bond donors (Lipinski definition) is 2. The molecule has 4 nitrogen and oxygen atoms in total. The first kappa shape index (κ1) is 11.3. The molecule has 1 fully saturated rings. The lowest BCUT2D eigenvalue weighted by Crippen LogP contribution is -2.17. The van der Waals surface area contributed by atoms with E-state index in [1.807, 2.05) is 13.1 Å². The quantitative estimate of drug-likeness (QED) is 0.768. The molecule has 88 valence electrons. The third-order valence-corrected chi connectivity index (χ3v) is 2.77. The maximum absolute atomic E-state index is 4.45. The first-order chi connectivity index (χ1) is 7.79. The molecule has 1 aliphatic carbocycles. The molecule has 0 amide bonds. The molecule has 4 heteroatoms. The predicted octanol–water partition coefficient (Wildman–Crippen LogP) is 1.86. The van der Waals surface area contributed by atoms with Crippen molar-refractivity contribution >= 4 is 5.95 Å². The van der Waals surface area contributed by atoms with E-state index in [-0.39, 0.29) is 0 Å². The zero-order valence-corrected chi connectivity index (χ0v) is 10.1. The molecule has 1 aliphatic rings. The van der Waals surface area contributed by atoms with Crippen molar-refractivity contribution in [2.24, 2.45) is 0 Å². The van der Waals surface area contributed by atoms with Crippen LogP contribution in [-0.2, 0) is 6.54 Å². The predicted molar refractivity (Wildman–Crippen MR) is 65.4 cm³/mol. The number of aromatic nitrogens is 2. The highest BCUT2D eigenvalue weighted by Crippen LogP contribution is 2.19. The average molecular weight is 220 g/mol. The topological polar surface area (TPSA) is 49.8 Å². The fraction of sp³-hybridized carbons (Fsp3) is 0.667. The van der Waals surface area contributed by atoms with E-state index in [2.05, 4.69) is 27.5 Å². The van der Waals surface area contributed by atoms with Gasteiger partial charge in [-0.2, -0.15) is 0 Å². The third-order valence-electron chi connectivity index (χ3n) is 2.77. The van der Waals surface area contributed by atoms with Crippen LogP contribution in [0.25, 0.3) is 0 Å². The molecular formula is C12H20N4. The Labute approximate surface area is 96.9 Å². The molecule has 1 aromatic heterocycles. The lowest BCUT2D eigenvalue weighted by molar-refractivity contribution is 0.679. The molecular weight excluding hydrogens is 200 g/mol. The van der Waals surface area contributed by atoms with Crippen LogP contribution in [0.2, 0.25) is 0 Å². The van der Waals surface area contributed by atoms with E-state index >= 15 is 0 Å². The smallest absolute Gasteiger partial charge is 0.222 e.